The molecule has 2 aromatic rings. The first kappa shape index (κ1) is 16.3. The molecule has 3 rings (SSSR count). The molecule has 1 aliphatic carbocycles. The highest BCUT2D eigenvalue weighted by Gasteiger charge is 2.25. The molecule has 122 valence electrons. The topological polar surface area (TPSA) is 34.9 Å². The first-order valence-corrected chi connectivity index (χ1v) is 9.16. The molecular weight excluding hydrogens is 304 g/mol. The average molecular weight is 328 g/mol. The molecule has 3 nitrogen and oxygen atoms in total. The molecule has 1 aliphatic rings. The van der Waals surface area contributed by atoms with Crippen molar-refractivity contribution in [2.45, 2.75) is 51.2 Å². The summed E-state index contributed by atoms with van der Waals surface area (Å²) in [7, 11) is 1.88. The zero-order chi connectivity index (χ0) is 16.6. The van der Waals surface area contributed by atoms with Gasteiger partial charge in [-0.1, -0.05) is 56.8 Å². The predicted octanol–water partition coefficient (Wildman–Crippen LogP) is 4.28. The molecule has 4 heteroatoms. The van der Waals surface area contributed by atoms with Gasteiger partial charge in [-0.15, -0.1) is 0 Å². The molecule has 23 heavy (non-hydrogen) atoms. The molecule has 0 unspecified atom stereocenters. The molecule has 0 aliphatic heterocycles. The van der Waals surface area contributed by atoms with Crippen LogP contribution in [0.15, 0.2) is 24.3 Å². The number of rotatable bonds is 3. The van der Waals surface area contributed by atoms with E-state index in [0.29, 0.717) is 5.75 Å². The van der Waals surface area contributed by atoms with Gasteiger partial charge in [0.25, 0.3) is 0 Å². The summed E-state index contributed by atoms with van der Waals surface area (Å²) < 4.78 is 1.77. The molecule has 1 aromatic heterocycles. The number of hydrogen-bond acceptors (Lipinski definition) is 3. The van der Waals surface area contributed by atoms with Crippen molar-refractivity contribution in [3.8, 4) is 0 Å². The van der Waals surface area contributed by atoms with Crippen LogP contribution in [0.4, 0.5) is 0 Å². The fourth-order valence-corrected chi connectivity index (χ4v) is 3.98. The van der Waals surface area contributed by atoms with E-state index in [1.54, 1.807) is 4.68 Å². The van der Waals surface area contributed by atoms with Gasteiger partial charge in [-0.25, -0.2) is 0 Å². The standard InChI is InChI=1S/C19H24N2OS/c1-19(2,3)14-10-8-13(9-11-14)12-23-18(22)17-15-6-5-7-16(15)20-21(17)4/h8-11H,5-7,12H2,1-4H3. The van der Waals surface area contributed by atoms with Crippen molar-refractivity contribution in [2.24, 2.45) is 7.05 Å². The van der Waals surface area contributed by atoms with E-state index in [4.69, 9.17) is 0 Å². The number of nitrogens with zero attached hydrogens (tertiary/aromatic N) is 2. The van der Waals surface area contributed by atoms with Crippen LogP contribution in [0.5, 0.6) is 0 Å². The van der Waals surface area contributed by atoms with Gasteiger partial charge in [0.1, 0.15) is 5.69 Å². The van der Waals surface area contributed by atoms with Gasteiger partial charge >= 0.3 is 0 Å². The van der Waals surface area contributed by atoms with Crippen LogP contribution in [0, 0.1) is 0 Å². The fraction of sp³-hybridized carbons (Fsp3) is 0.474. The van der Waals surface area contributed by atoms with E-state index < -0.39 is 0 Å². The van der Waals surface area contributed by atoms with Crippen LogP contribution < -0.4 is 0 Å². The van der Waals surface area contributed by atoms with Crippen molar-refractivity contribution in [3.05, 3.63) is 52.3 Å². The number of carbonyl (C=O) groups excluding carboxylic acids is 1. The fourth-order valence-electron chi connectivity index (χ4n) is 3.09. The van der Waals surface area contributed by atoms with E-state index in [0.717, 1.165) is 30.7 Å². The highest BCUT2D eigenvalue weighted by molar-refractivity contribution is 8.13. The molecule has 0 spiro atoms. The Morgan fingerprint density at radius 1 is 1.22 bits per heavy atom. The summed E-state index contributed by atoms with van der Waals surface area (Å²) in [4.78, 5) is 12.6. The molecule has 0 radical (unpaired) electrons. The quantitative estimate of drug-likeness (QED) is 0.843. The van der Waals surface area contributed by atoms with Crippen LogP contribution in [0.3, 0.4) is 0 Å². The summed E-state index contributed by atoms with van der Waals surface area (Å²) >= 11 is 1.38. The third-order valence-electron chi connectivity index (χ3n) is 4.45. The van der Waals surface area contributed by atoms with E-state index in [2.05, 4.69) is 50.1 Å². The maximum absolute atomic E-state index is 12.6. The Labute approximate surface area is 142 Å². The van der Waals surface area contributed by atoms with Gasteiger partial charge in [-0.3, -0.25) is 9.48 Å². The average Bonchev–Trinajstić information content (AvgIpc) is 3.04. The van der Waals surface area contributed by atoms with Crippen molar-refractivity contribution in [2.75, 3.05) is 0 Å². The second-order valence-corrected chi connectivity index (χ2v) is 8.22. The van der Waals surface area contributed by atoms with Crippen LogP contribution in [-0.2, 0) is 31.1 Å². The van der Waals surface area contributed by atoms with Gasteiger partial charge in [0.15, 0.2) is 0 Å². The van der Waals surface area contributed by atoms with Crippen LogP contribution in [0.2, 0.25) is 0 Å². The Hall–Kier alpha value is -1.55. The zero-order valence-corrected chi connectivity index (χ0v) is 15.2. The van der Waals surface area contributed by atoms with Crippen molar-refractivity contribution >= 4 is 16.9 Å². The van der Waals surface area contributed by atoms with Gasteiger partial charge in [-0.2, -0.15) is 5.10 Å². The number of aryl methyl sites for hydroxylation is 2. The summed E-state index contributed by atoms with van der Waals surface area (Å²) in [6.07, 6.45) is 3.12. The van der Waals surface area contributed by atoms with Gasteiger partial charge in [-0.05, 0) is 35.8 Å². The lowest BCUT2D eigenvalue weighted by atomic mass is 9.87. The number of aromatic nitrogens is 2. The second kappa shape index (κ2) is 6.16. The smallest absolute Gasteiger partial charge is 0.238 e. The maximum Gasteiger partial charge on any atom is 0.238 e. The molecule has 0 atom stereocenters. The highest BCUT2D eigenvalue weighted by Crippen LogP contribution is 2.29. The molecule has 0 bridgehead atoms. The van der Waals surface area contributed by atoms with E-state index >= 15 is 0 Å². The maximum atomic E-state index is 12.6. The number of thioether (sulfide) groups is 1. The van der Waals surface area contributed by atoms with Gasteiger partial charge in [0.2, 0.25) is 5.12 Å². The van der Waals surface area contributed by atoms with Crippen LogP contribution in [-0.4, -0.2) is 14.9 Å². The molecule has 0 amide bonds. The van der Waals surface area contributed by atoms with Gasteiger partial charge in [0, 0.05) is 18.4 Å². The molecule has 0 fully saturated rings. The van der Waals surface area contributed by atoms with Crippen LogP contribution >= 0.6 is 11.8 Å². The lowest BCUT2D eigenvalue weighted by Gasteiger charge is -2.19. The largest absolute Gasteiger partial charge is 0.280 e. The van der Waals surface area contributed by atoms with Crippen molar-refractivity contribution in [1.29, 1.82) is 0 Å². The second-order valence-electron chi connectivity index (χ2n) is 7.27. The monoisotopic (exact) mass is 328 g/mol. The molecule has 0 saturated heterocycles. The molecule has 1 aromatic carbocycles. The Morgan fingerprint density at radius 2 is 1.91 bits per heavy atom. The first-order valence-electron chi connectivity index (χ1n) is 8.17. The van der Waals surface area contributed by atoms with Crippen molar-refractivity contribution in [1.82, 2.24) is 9.78 Å². The van der Waals surface area contributed by atoms with E-state index in [-0.39, 0.29) is 10.5 Å². The van der Waals surface area contributed by atoms with Gasteiger partial charge < -0.3 is 0 Å². The minimum absolute atomic E-state index is 0.142. The van der Waals surface area contributed by atoms with Crippen molar-refractivity contribution < 1.29 is 4.79 Å². The molecule has 0 saturated carbocycles. The summed E-state index contributed by atoms with van der Waals surface area (Å²) in [5, 5.41) is 4.63. The summed E-state index contributed by atoms with van der Waals surface area (Å²) in [6, 6.07) is 8.60. The summed E-state index contributed by atoms with van der Waals surface area (Å²) in [5.41, 5.74) is 5.77. The number of fused-ring (bicyclic) bond motifs is 1. The summed E-state index contributed by atoms with van der Waals surface area (Å²) in [5.74, 6) is 0.712. The lowest BCUT2D eigenvalue weighted by Crippen LogP contribution is -2.10. The Kier molecular flexibility index (Phi) is 4.37. The number of benzene rings is 1. The number of hydrogen-bond donors (Lipinski definition) is 0. The van der Waals surface area contributed by atoms with E-state index in [1.807, 2.05) is 7.05 Å². The minimum Gasteiger partial charge on any atom is -0.280 e. The SMILES string of the molecule is Cn1nc2c(c1C(=O)SCc1ccc(C(C)(C)C)cc1)CCC2. The Bertz CT molecular complexity index is 723. The normalized spacial score (nSPS) is 14.1. The van der Waals surface area contributed by atoms with Crippen molar-refractivity contribution in [3.63, 3.8) is 0 Å². The Balaban J connectivity index is 1.68. The molecular formula is C19H24N2OS. The first-order chi connectivity index (χ1) is 10.9. The lowest BCUT2D eigenvalue weighted by molar-refractivity contribution is 0.108. The predicted molar refractivity (Wildman–Crippen MR) is 96.0 cm³/mol. The third-order valence-corrected chi connectivity index (χ3v) is 5.39. The number of carbonyl (C=O) groups is 1. The molecule has 1 heterocycles. The Morgan fingerprint density at radius 3 is 2.57 bits per heavy atom. The summed E-state index contributed by atoms with van der Waals surface area (Å²) in [6.45, 7) is 6.63. The van der Waals surface area contributed by atoms with Gasteiger partial charge in [0.05, 0.1) is 5.69 Å². The minimum atomic E-state index is 0.142. The third kappa shape index (κ3) is 3.37. The van der Waals surface area contributed by atoms with Crippen LogP contribution in [0.25, 0.3) is 0 Å². The zero-order valence-electron chi connectivity index (χ0n) is 14.3. The van der Waals surface area contributed by atoms with Crippen LogP contribution in [0.1, 0.15) is 60.1 Å². The van der Waals surface area contributed by atoms with E-state index in [1.165, 1.54) is 28.5 Å². The molecule has 0 N–H and O–H groups in total. The highest BCUT2D eigenvalue weighted by atomic mass is 32.2. The van der Waals surface area contributed by atoms with E-state index in [9.17, 15) is 4.79 Å².